The summed E-state index contributed by atoms with van der Waals surface area (Å²) in [5.41, 5.74) is 2.73. The zero-order chi connectivity index (χ0) is 17.6. The number of benzene rings is 2. The molecule has 0 radical (unpaired) electrons. The van der Waals surface area contributed by atoms with Crippen LogP contribution in [-0.2, 0) is 13.0 Å². The van der Waals surface area contributed by atoms with Crippen molar-refractivity contribution in [3.8, 4) is 11.5 Å². The molecule has 25 heavy (non-hydrogen) atoms. The van der Waals surface area contributed by atoms with Crippen LogP contribution in [0.15, 0.2) is 47.4 Å². The second kappa shape index (κ2) is 8.63. The van der Waals surface area contributed by atoms with Crippen LogP contribution in [-0.4, -0.2) is 38.5 Å². The number of hydrogen-bond donors (Lipinski definition) is 0. The normalized spacial score (nSPS) is 17.6. The van der Waals surface area contributed by atoms with Gasteiger partial charge < -0.3 is 9.47 Å². The van der Waals surface area contributed by atoms with E-state index in [-0.39, 0.29) is 0 Å². The van der Waals surface area contributed by atoms with E-state index in [1.165, 1.54) is 35.5 Å². The van der Waals surface area contributed by atoms with Crippen molar-refractivity contribution >= 4 is 11.8 Å². The number of ether oxygens (including phenoxy) is 2. The summed E-state index contributed by atoms with van der Waals surface area (Å²) >= 11 is 1.79. The zero-order valence-electron chi connectivity index (χ0n) is 15.3. The molecule has 1 fully saturated rings. The average Bonchev–Trinajstić information content (AvgIpc) is 3.09. The van der Waals surface area contributed by atoms with E-state index < -0.39 is 0 Å². The minimum absolute atomic E-state index is 0.712. The van der Waals surface area contributed by atoms with Crippen molar-refractivity contribution in [2.45, 2.75) is 24.3 Å². The first-order chi connectivity index (χ1) is 12.2. The summed E-state index contributed by atoms with van der Waals surface area (Å²) in [6.07, 6.45) is 4.48. The highest BCUT2D eigenvalue weighted by molar-refractivity contribution is 7.98. The van der Waals surface area contributed by atoms with Crippen molar-refractivity contribution < 1.29 is 9.47 Å². The molecule has 4 heteroatoms. The summed E-state index contributed by atoms with van der Waals surface area (Å²) in [6, 6.07) is 15.2. The van der Waals surface area contributed by atoms with E-state index in [1.54, 1.807) is 26.0 Å². The minimum atomic E-state index is 0.712. The molecule has 134 valence electrons. The molecule has 1 saturated heterocycles. The van der Waals surface area contributed by atoms with Gasteiger partial charge in [0.15, 0.2) is 11.5 Å². The standard InChI is InChI=1S/C21H27NO2S/c1-23-20-9-6-17(13-21(20)24-2)12-18-10-11-22(15-18)14-16-4-7-19(25-3)8-5-16/h4-9,13,18H,10-12,14-15H2,1-3H3. The van der Waals surface area contributed by atoms with Gasteiger partial charge >= 0.3 is 0 Å². The summed E-state index contributed by atoms with van der Waals surface area (Å²) in [7, 11) is 3.37. The summed E-state index contributed by atoms with van der Waals surface area (Å²) in [5, 5.41) is 0. The van der Waals surface area contributed by atoms with Gasteiger partial charge in [-0.25, -0.2) is 0 Å². The van der Waals surface area contributed by atoms with Crippen molar-refractivity contribution in [3.05, 3.63) is 53.6 Å². The molecular formula is C21H27NO2S. The Kier molecular flexibility index (Phi) is 6.27. The number of likely N-dealkylation sites (tertiary alicyclic amines) is 1. The molecule has 2 aromatic rings. The molecule has 1 aliphatic heterocycles. The highest BCUT2D eigenvalue weighted by atomic mass is 32.2. The average molecular weight is 358 g/mol. The molecule has 1 aliphatic rings. The zero-order valence-corrected chi connectivity index (χ0v) is 16.1. The maximum absolute atomic E-state index is 5.42. The number of thioether (sulfide) groups is 1. The third kappa shape index (κ3) is 4.71. The van der Waals surface area contributed by atoms with E-state index in [4.69, 9.17) is 9.47 Å². The maximum Gasteiger partial charge on any atom is 0.160 e. The third-order valence-corrected chi connectivity index (χ3v) is 5.65. The molecule has 0 aliphatic carbocycles. The summed E-state index contributed by atoms with van der Waals surface area (Å²) in [4.78, 5) is 3.90. The lowest BCUT2D eigenvalue weighted by Gasteiger charge is -2.17. The van der Waals surface area contributed by atoms with Gasteiger partial charge in [0.25, 0.3) is 0 Å². The van der Waals surface area contributed by atoms with Gasteiger partial charge in [0.1, 0.15) is 0 Å². The summed E-state index contributed by atoms with van der Waals surface area (Å²) in [6.45, 7) is 3.40. The molecule has 0 bridgehead atoms. The smallest absolute Gasteiger partial charge is 0.160 e. The van der Waals surface area contributed by atoms with Crippen LogP contribution in [0.4, 0.5) is 0 Å². The number of nitrogens with zero attached hydrogens (tertiary/aromatic N) is 1. The molecule has 0 amide bonds. The Hall–Kier alpha value is -1.65. The van der Waals surface area contributed by atoms with Gasteiger partial charge in [-0.05, 0) is 67.0 Å². The SMILES string of the molecule is COc1ccc(CC2CCN(Cc3ccc(SC)cc3)C2)cc1OC. The van der Waals surface area contributed by atoms with E-state index in [9.17, 15) is 0 Å². The second-order valence-corrected chi connectivity index (χ2v) is 7.51. The van der Waals surface area contributed by atoms with Gasteiger partial charge in [0.05, 0.1) is 14.2 Å². The largest absolute Gasteiger partial charge is 0.493 e. The predicted molar refractivity (Wildman–Crippen MR) is 105 cm³/mol. The predicted octanol–water partition coefficient (Wildman–Crippen LogP) is 4.49. The lowest BCUT2D eigenvalue weighted by molar-refractivity contribution is 0.316. The Morgan fingerprint density at radius 2 is 1.72 bits per heavy atom. The molecule has 0 spiro atoms. The van der Waals surface area contributed by atoms with Crippen LogP contribution in [0.3, 0.4) is 0 Å². The molecule has 3 nitrogen and oxygen atoms in total. The lowest BCUT2D eigenvalue weighted by atomic mass is 9.98. The van der Waals surface area contributed by atoms with Crippen molar-refractivity contribution in [2.24, 2.45) is 5.92 Å². The quantitative estimate of drug-likeness (QED) is 0.681. The fourth-order valence-corrected chi connectivity index (χ4v) is 3.96. The third-order valence-electron chi connectivity index (χ3n) is 4.91. The van der Waals surface area contributed by atoms with Crippen LogP contribution in [0.5, 0.6) is 11.5 Å². The highest BCUT2D eigenvalue weighted by Crippen LogP contribution is 2.30. The van der Waals surface area contributed by atoms with Crippen molar-refractivity contribution in [2.75, 3.05) is 33.6 Å². The highest BCUT2D eigenvalue weighted by Gasteiger charge is 2.23. The van der Waals surface area contributed by atoms with Crippen LogP contribution in [0.25, 0.3) is 0 Å². The van der Waals surface area contributed by atoms with E-state index in [2.05, 4.69) is 47.6 Å². The first-order valence-corrected chi connectivity index (χ1v) is 10.0. The fraction of sp³-hybridized carbons (Fsp3) is 0.429. The van der Waals surface area contributed by atoms with Crippen molar-refractivity contribution in [3.63, 3.8) is 0 Å². The first-order valence-electron chi connectivity index (χ1n) is 8.78. The molecule has 0 saturated carbocycles. The Balaban J connectivity index is 1.55. The van der Waals surface area contributed by atoms with Crippen molar-refractivity contribution in [1.82, 2.24) is 4.90 Å². The lowest BCUT2D eigenvalue weighted by Crippen LogP contribution is -2.20. The van der Waals surface area contributed by atoms with Gasteiger partial charge in [-0.3, -0.25) is 4.90 Å². The van der Waals surface area contributed by atoms with E-state index in [0.717, 1.165) is 24.5 Å². The molecule has 0 aromatic heterocycles. The molecule has 1 atom stereocenters. The van der Waals surface area contributed by atoms with Gasteiger partial charge in [-0.1, -0.05) is 18.2 Å². The molecule has 0 N–H and O–H groups in total. The molecule has 1 heterocycles. The Bertz CT molecular complexity index is 687. The molecule has 1 unspecified atom stereocenters. The van der Waals surface area contributed by atoms with Crippen molar-refractivity contribution in [1.29, 1.82) is 0 Å². The molecule has 3 rings (SSSR count). The van der Waals surface area contributed by atoms with Gasteiger partial charge in [-0.2, -0.15) is 0 Å². The van der Waals surface area contributed by atoms with Gasteiger partial charge in [0, 0.05) is 18.0 Å². The summed E-state index contributed by atoms with van der Waals surface area (Å²) < 4.78 is 10.7. The Morgan fingerprint density at radius 1 is 1.00 bits per heavy atom. The van der Waals surface area contributed by atoms with Gasteiger partial charge in [0.2, 0.25) is 0 Å². The Morgan fingerprint density at radius 3 is 2.40 bits per heavy atom. The minimum Gasteiger partial charge on any atom is -0.493 e. The van der Waals surface area contributed by atoms with Gasteiger partial charge in [-0.15, -0.1) is 11.8 Å². The monoisotopic (exact) mass is 357 g/mol. The van der Waals surface area contributed by atoms with E-state index in [1.807, 2.05) is 6.07 Å². The van der Waals surface area contributed by atoms with Crippen LogP contribution in [0.1, 0.15) is 17.5 Å². The second-order valence-electron chi connectivity index (χ2n) is 6.63. The summed E-state index contributed by atoms with van der Waals surface area (Å²) in [5.74, 6) is 2.33. The van der Waals surface area contributed by atoms with Crippen LogP contribution in [0, 0.1) is 5.92 Å². The Labute approximate surface area is 155 Å². The van der Waals surface area contributed by atoms with E-state index >= 15 is 0 Å². The van der Waals surface area contributed by atoms with Crippen LogP contribution < -0.4 is 9.47 Å². The van der Waals surface area contributed by atoms with Crippen LogP contribution >= 0.6 is 11.8 Å². The number of hydrogen-bond acceptors (Lipinski definition) is 4. The number of rotatable bonds is 7. The first kappa shape index (κ1) is 18.2. The number of methoxy groups -OCH3 is 2. The molecule has 2 aromatic carbocycles. The van der Waals surface area contributed by atoms with E-state index in [0.29, 0.717) is 5.92 Å². The topological polar surface area (TPSA) is 21.7 Å². The maximum atomic E-state index is 5.42. The van der Waals surface area contributed by atoms with Crippen LogP contribution in [0.2, 0.25) is 0 Å². The molecular weight excluding hydrogens is 330 g/mol. The fourth-order valence-electron chi connectivity index (χ4n) is 3.55.